The van der Waals surface area contributed by atoms with E-state index >= 15 is 0 Å². The van der Waals surface area contributed by atoms with Crippen molar-refractivity contribution in [1.82, 2.24) is 29.9 Å². The molecule has 6 rings (SSSR count). The molecule has 8 nitrogen and oxygen atoms in total. The van der Waals surface area contributed by atoms with Crippen molar-refractivity contribution < 1.29 is 18.0 Å². The minimum absolute atomic E-state index is 0.101. The summed E-state index contributed by atoms with van der Waals surface area (Å²) in [5.41, 5.74) is 1.04. The number of aromatic nitrogens is 5. The van der Waals surface area contributed by atoms with Crippen LogP contribution < -0.4 is 5.32 Å². The lowest BCUT2D eigenvalue weighted by atomic mass is 9.64. The summed E-state index contributed by atoms with van der Waals surface area (Å²) in [7, 11) is 0. The average molecular weight is 471 g/mol. The van der Waals surface area contributed by atoms with Crippen molar-refractivity contribution in [1.29, 1.82) is 0 Å². The number of aryl methyl sites for hydroxylation is 1. The van der Waals surface area contributed by atoms with Gasteiger partial charge in [-0.2, -0.15) is 28.2 Å². The summed E-state index contributed by atoms with van der Waals surface area (Å²) >= 11 is 0. The first-order valence-electron chi connectivity index (χ1n) is 11.2. The summed E-state index contributed by atoms with van der Waals surface area (Å²) in [6.45, 7) is 4.41. The van der Waals surface area contributed by atoms with E-state index in [9.17, 15) is 18.0 Å². The van der Waals surface area contributed by atoms with Crippen molar-refractivity contribution in [2.75, 3.05) is 11.9 Å². The number of rotatable bonds is 5. The molecule has 2 aliphatic heterocycles. The predicted molar refractivity (Wildman–Crippen MR) is 117 cm³/mol. The van der Waals surface area contributed by atoms with Crippen LogP contribution >= 0.6 is 0 Å². The number of piperidine rings is 2. The van der Waals surface area contributed by atoms with Crippen LogP contribution in [0.1, 0.15) is 41.4 Å². The molecule has 2 aromatic heterocycles. The quantitative estimate of drug-likeness (QED) is 0.610. The Hall–Kier alpha value is -3.50. The zero-order chi connectivity index (χ0) is 24.0. The fourth-order valence-electron chi connectivity index (χ4n) is 4.97. The van der Waals surface area contributed by atoms with Gasteiger partial charge < -0.3 is 10.2 Å². The molecule has 3 fully saturated rings. The van der Waals surface area contributed by atoms with Gasteiger partial charge in [0.2, 0.25) is 0 Å². The Bertz CT molecular complexity index is 1170. The molecule has 1 N–H and O–H groups in total. The van der Waals surface area contributed by atoms with Gasteiger partial charge in [-0.05, 0) is 43.7 Å². The molecule has 178 valence electrons. The van der Waals surface area contributed by atoms with Gasteiger partial charge in [0.25, 0.3) is 5.91 Å². The Morgan fingerprint density at radius 1 is 1.15 bits per heavy atom. The molecule has 1 saturated carbocycles. The molecule has 3 aliphatic rings. The number of hydrogen-bond donors (Lipinski definition) is 1. The smallest absolute Gasteiger partial charge is 0.367 e. The van der Waals surface area contributed by atoms with Gasteiger partial charge in [0.1, 0.15) is 5.82 Å². The van der Waals surface area contributed by atoms with E-state index in [1.807, 2.05) is 30.0 Å². The first-order valence-corrected chi connectivity index (χ1v) is 11.2. The largest absolute Gasteiger partial charge is 0.434 e. The van der Waals surface area contributed by atoms with Crippen LogP contribution in [-0.2, 0) is 6.18 Å². The van der Waals surface area contributed by atoms with Gasteiger partial charge in [-0.1, -0.05) is 18.6 Å². The number of hydrogen-bond acceptors (Lipinski definition) is 6. The van der Waals surface area contributed by atoms with Crippen LogP contribution in [0.4, 0.5) is 19.0 Å². The predicted octanol–water partition coefficient (Wildman–Crippen LogP) is 3.74. The number of alkyl halides is 3. The Labute approximate surface area is 194 Å². The summed E-state index contributed by atoms with van der Waals surface area (Å²) in [6.07, 6.45) is 2.27. The highest BCUT2D eigenvalue weighted by Crippen LogP contribution is 2.47. The van der Waals surface area contributed by atoms with Crippen LogP contribution in [0.25, 0.3) is 5.69 Å². The molecule has 4 heterocycles. The molecule has 11 heteroatoms. The monoisotopic (exact) mass is 471 g/mol. The van der Waals surface area contributed by atoms with E-state index in [0.717, 1.165) is 24.6 Å². The molecule has 2 atom stereocenters. The van der Waals surface area contributed by atoms with Crippen LogP contribution in [0, 0.1) is 18.8 Å². The molecule has 2 bridgehead atoms. The van der Waals surface area contributed by atoms with Crippen molar-refractivity contribution in [3.63, 3.8) is 0 Å². The number of carbonyl (C=O) groups excluding carboxylic acids is 1. The molecular weight excluding hydrogens is 447 g/mol. The fraction of sp³-hybridized carbons (Fsp3) is 0.435. The minimum Gasteiger partial charge on any atom is -0.367 e. The van der Waals surface area contributed by atoms with E-state index in [4.69, 9.17) is 0 Å². The molecule has 3 aromatic rings. The summed E-state index contributed by atoms with van der Waals surface area (Å²) in [4.78, 5) is 24.6. The Morgan fingerprint density at radius 2 is 1.88 bits per heavy atom. The van der Waals surface area contributed by atoms with Crippen molar-refractivity contribution in [2.45, 2.75) is 44.9 Å². The maximum atomic E-state index is 13.9. The van der Waals surface area contributed by atoms with Crippen LogP contribution in [0.2, 0.25) is 0 Å². The van der Waals surface area contributed by atoms with Crippen LogP contribution in [0.3, 0.4) is 0 Å². The molecule has 1 aromatic carbocycles. The van der Waals surface area contributed by atoms with E-state index in [-0.39, 0.29) is 29.7 Å². The molecule has 0 radical (unpaired) electrons. The number of fused-ring (bicyclic) bond motifs is 2. The lowest BCUT2D eigenvalue weighted by Gasteiger charge is -2.57. The number of nitrogens with zero attached hydrogens (tertiary/aromatic N) is 6. The number of halogens is 3. The second kappa shape index (κ2) is 8.37. The number of amides is 1. The lowest BCUT2D eigenvalue weighted by Crippen LogP contribution is -2.64. The topological polar surface area (TPSA) is 88.8 Å². The second-order valence-corrected chi connectivity index (χ2v) is 9.03. The summed E-state index contributed by atoms with van der Waals surface area (Å²) in [6, 6.07) is 5.58. The van der Waals surface area contributed by atoms with E-state index in [1.54, 1.807) is 12.4 Å². The summed E-state index contributed by atoms with van der Waals surface area (Å²) < 4.78 is 38.3. The van der Waals surface area contributed by atoms with Crippen molar-refractivity contribution in [3.05, 3.63) is 59.8 Å². The van der Waals surface area contributed by atoms with Gasteiger partial charge in [-0.15, -0.1) is 0 Å². The molecule has 34 heavy (non-hydrogen) atoms. The van der Waals surface area contributed by atoms with Crippen LogP contribution in [-0.4, -0.2) is 54.4 Å². The van der Waals surface area contributed by atoms with E-state index in [2.05, 4.69) is 32.4 Å². The molecular formula is C23H24F3N7O. The first-order chi connectivity index (χ1) is 16.2. The molecule has 1 amide bonds. The normalized spacial score (nSPS) is 24.0. The van der Waals surface area contributed by atoms with E-state index in [1.165, 1.54) is 4.80 Å². The number of carbonyl (C=O) groups is 1. The highest BCUT2D eigenvalue weighted by Gasteiger charge is 2.50. The maximum absolute atomic E-state index is 13.9. The molecule has 0 spiro atoms. The SMILES string of the molecule is Cc1ccc(-n2nccn2)c(C(=O)N2C3CC(C3)[C@H](C)[C@@H]2CNc2cnc(C(F)(F)F)cn2)c1. The zero-order valence-corrected chi connectivity index (χ0v) is 18.7. The summed E-state index contributed by atoms with van der Waals surface area (Å²) in [5, 5.41) is 11.5. The van der Waals surface area contributed by atoms with Gasteiger partial charge in [0.05, 0.1) is 42.1 Å². The third-order valence-electron chi connectivity index (χ3n) is 6.94. The van der Waals surface area contributed by atoms with Crippen molar-refractivity contribution >= 4 is 11.7 Å². The lowest BCUT2D eigenvalue weighted by molar-refractivity contribution is -0.141. The third-order valence-corrected chi connectivity index (χ3v) is 6.94. The van der Waals surface area contributed by atoms with E-state index < -0.39 is 11.9 Å². The van der Waals surface area contributed by atoms with Crippen LogP contribution in [0.5, 0.6) is 0 Å². The Morgan fingerprint density at radius 3 is 2.53 bits per heavy atom. The Balaban J connectivity index is 1.40. The average Bonchev–Trinajstić information content (AvgIpc) is 3.31. The van der Waals surface area contributed by atoms with Gasteiger partial charge in [0, 0.05) is 12.6 Å². The van der Waals surface area contributed by atoms with Crippen molar-refractivity contribution in [3.8, 4) is 5.69 Å². The molecule has 0 unspecified atom stereocenters. The van der Waals surface area contributed by atoms with E-state index in [0.29, 0.717) is 29.9 Å². The maximum Gasteiger partial charge on any atom is 0.434 e. The van der Waals surface area contributed by atoms with Crippen molar-refractivity contribution in [2.24, 2.45) is 11.8 Å². The van der Waals surface area contributed by atoms with Gasteiger partial charge >= 0.3 is 6.18 Å². The van der Waals surface area contributed by atoms with Gasteiger partial charge in [-0.3, -0.25) is 4.79 Å². The fourth-order valence-corrected chi connectivity index (χ4v) is 4.97. The molecule has 1 aliphatic carbocycles. The first kappa shape index (κ1) is 22.3. The minimum atomic E-state index is -4.54. The number of anilines is 1. The Kier molecular flexibility index (Phi) is 5.49. The number of benzene rings is 1. The highest BCUT2D eigenvalue weighted by molar-refractivity contribution is 5.98. The molecule has 2 saturated heterocycles. The number of nitrogens with one attached hydrogen (secondary N) is 1. The second-order valence-electron chi connectivity index (χ2n) is 9.03. The van der Waals surface area contributed by atoms with Crippen LogP contribution in [0.15, 0.2) is 43.0 Å². The highest BCUT2D eigenvalue weighted by atomic mass is 19.4. The van der Waals surface area contributed by atoms with Gasteiger partial charge in [-0.25, -0.2) is 9.97 Å². The zero-order valence-electron chi connectivity index (χ0n) is 18.7. The standard InChI is InChI=1S/C23H24F3N7O/c1-13-3-4-18(33-30-5-6-31-33)17(7-13)22(34)32-16-8-15(9-16)14(2)19(32)10-28-21-12-27-20(11-29-21)23(24,25)26/h3-7,11-12,14-16,19H,8-10H2,1-2H3,(H,28,29)/t14-,15?,16?,19-/m0/s1. The third kappa shape index (κ3) is 3.99. The summed E-state index contributed by atoms with van der Waals surface area (Å²) in [5.74, 6) is 0.879. The van der Waals surface area contributed by atoms with Gasteiger partial charge in [0.15, 0.2) is 5.69 Å².